The summed E-state index contributed by atoms with van der Waals surface area (Å²) < 4.78 is 12.7. The van der Waals surface area contributed by atoms with Crippen LogP contribution in [0.25, 0.3) is 0 Å². The van der Waals surface area contributed by atoms with E-state index in [2.05, 4.69) is 0 Å². The number of hydrogen-bond acceptors (Lipinski definition) is 2. The van der Waals surface area contributed by atoms with Crippen LogP contribution in [-0.4, -0.2) is 4.92 Å². The van der Waals surface area contributed by atoms with E-state index in [0.29, 0.717) is 5.56 Å². The Morgan fingerprint density at radius 3 is 2.42 bits per heavy atom. The molecule has 1 aromatic carbocycles. The van der Waals surface area contributed by atoms with Gasteiger partial charge in [-0.05, 0) is 13.0 Å². The molecule has 1 aromatic rings. The van der Waals surface area contributed by atoms with Gasteiger partial charge in [0.05, 0.1) is 4.92 Å². The molecule has 0 saturated carbocycles. The number of benzene rings is 1. The van der Waals surface area contributed by atoms with Crippen molar-refractivity contribution < 1.29 is 9.31 Å². The van der Waals surface area contributed by atoms with E-state index in [1.54, 1.807) is 0 Å². The van der Waals surface area contributed by atoms with Crippen LogP contribution in [0.2, 0.25) is 0 Å². The molecule has 5 heteroatoms. The van der Waals surface area contributed by atoms with Crippen molar-refractivity contribution in [2.24, 2.45) is 0 Å². The number of aryl methyl sites for hydroxylation is 1. The molecule has 0 saturated heterocycles. The van der Waals surface area contributed by atoms with Gasteiger partial charge in [0.15, 0.2) is 0 Å². The zero-order chi connectivity index (χ0) is 8.43. The first kappa shape index (κ1) is 10.8. The highest BCUT2D eigenvalue weighted by atomic mass is 35.5. The first-order chi connectivity index (χ1) is 5.13. The Bertz CT molecular complexity index is 283. The maximum atomic E-state index is 12.7. The first-order valence-corrected chi connectivity index (χ1v) is 3.02. The summed E-state index contributed by atoms with van der Waals surface area (Å²) in [6, 6.07) is 4.02. The minimum atomic E-state index is -0.782. The molecule has 1 rings (SSSR count). The summed E-state index contributed by atoms with van der Waals surface area (Å²) in [5.74, 6) is -0.782. The Balaban J connectivity index is 0.00000121. The normalized spacial score (nSPS) is 8.83. The van der Waals surface area contributed by atoms with E-state index < -0.39 is 16.4 Å². The summed E-state index contributed by atoms with van der Waals surface area (Å²) in [5, 5.41) is 10.2. The molecule has 0 amide bonds. The molecular weight excluding hydrogens is 185 g/mol. The molecular formula is C7H7ClFNO2. The summed E-state index contributed by atoms with van der Waals surface area (Å²) in [6.45, 7) is 1.50. The molecule has 0 heterocycles. The van der Waals surface area contributed by atoms with Crippen LogP contribution in [0.5, 0.6) is 0 Å². The fourth-order valence-corrected chi connectivity index (χ4v) is 0.854. The fraction of sp³-hybridized carbons (Fsp3) is 0.143. The van der Waals surface area contributed by atoms with Crippen molar-refractivity contribution in [3.05, 3.63) is 39.7 Å². The van der Waals surface area contributed by atoms with Gasteiger partial charge in [0, 0.05) is 5.56 Å². The topological polar surface area (TPSA) is 43.1 Å². The summed E-state index contributed by atoms with van der Waals surface area (Å²) in [7, 11) is 0. The standard InChI is InChI=1S/C7H6FNO2.ClH/c1-5-3-2-4-6(8)7(5)9(10)11;/h2-4H,1H3;1H. The summed E-state index contributed by atoms with van der Waals surface area (Å²) in [4.78, 5) is 9.49. The number of nitro benzene ring substituents is 1. The number of rotatable bonds is 1. The van der Waals surface area contributed by atoms with Gasteiger partial charge in [0.2, 0.25) is 5.82 Å². The minimum absolute atomic E-state index is 0. The van der Waals surface area contributed by atoms with E-state index in [4.69, 9.17) is 0 Å². The molecule has 0 bridgehead atoms. The van der Waals surface area contributed by atoms with E-state index >= 15 is 0 Å². The van der Waals surface area contributed by atoms with Crippen LogP contribution < -0.4 is 0 Å². The van der Waals surface area contributed by atoms with Crippen LogP contribution in [0.3, 0.4) is 0 Å². The third kappa shape index (κ3) is 1.92. The van der Waals surface area contributed by atoms with Crippen molar-refractivity contribution in [2.75, 3.05) is 0 Å². The van der Waals surface area contributed by atoms with Crippen molar-refractivity contribution >= 4 is 18.1 Å². The number of halogens is 2. The quantitative estimate of drug-likeness (QED) is 0.506. The largest absolute Gasteiger partial charge is 0.307 e. The van der Waals surface area contributed by atoms with Gasteiger partial charge in [-0.15, -0.1) is 12.4 Å². The molecule has 0 radical (unpaired) electrons. The molecule has 0 fully saturated rings. The van der Waals surface area contributed by atoms with Gasteiger partial charge in [-0.2, -0.15) is 4.39 Å². The predicted octanol–water partition coefficient (Wildman–Crippen LogP) is 2.46. The molecule has 0 aromatic heterocycles. The lowest BCUT2D eigenvalue weighted by molar-refractivity contribution is -0.388. The van der Waals surface area contributed by atoms with Crippen molar-refractivity contribution in [2.45, 2.75) is 6.92 Å². The Morgan fingerprint density at radius 2 is 2.08 bits per heavy atom. The van der Waals surface area contributed by atoms with Crippen molar-refractivity contribution in [1.29, 1.82) is 0 Å². The third-order valence-corrected chi connectivity index (χ3v) is 1.37. The lowest BCUT2D eigenvalue weighted by Crippen LogP contribution is -1.94. The number of nitrogens with zero attached hydrogens (tertiary/aromatic N) is 1. The van der Waals surface area contributed by atoms with Gasteiger partial charge >= 0.3 is 5.69 Å². The Labute approximate surface area is 74.8 Å². The second-order valence-corrected chi connectivity index (χ2v) is 2.16. The van der Waals surface area contributed by atoms with E-state index in [-0.39, 0.29) is 12.4 Å². The van der Waals surface area contributed by atoms with Gasteiger partial charge in [-0.1, -0.05) is 12.1 Å². The van der Waals surface area contributed by atoms with Gasteiger partial charge in [0.1, 0.15) is 0 Å². The summed E-state index contributed by atoms with van der Waals surface area (Å²) in [5.41, 5.74) is -0.0949. The summed E-state index contributed by atoms with van der Waals surface area (Å²) >= 11 is 0. The van der Waals surface area contributed by atoms with E-state index in [0.717, 1.165) is 6.07 Å². The molecule has 12 heavy (non-hydrogen) atoms. The van der Waals surface area contributed by atoms with Gasteiger partial charge in [-0.25, -0.2) is 0 Å². The number of para-hydroxylation sites is 1. The highest BCUT2D eigenvalue weighted by molar-refractivity contribution is 5.85. The van der Waals surface area contributed by atoms with Crippen LogP contribution in [0.4, 0.5) is 10.1 Å². The highest BCUT2D eigenvalue weighted by Gasteiger charge is 2.15. The molecule has 0 spiro atoms. The fourth-order valence-electron chi connectivity index (χ4n) is 0.854. The molecule has 3 nitrogen and oxygen atoms in total. The molecule has 66 valence electrons. The Morgan fingerprint density at radius 1 is 1.50 bits per heavy atom. The maximum absolute atomic E-state index is 12.7. The molecule has 0 unspecified atom stereocenters. The summed E-state index contributed by atoms with van der Waals surface area (Å²) in [6.07, 6.45) is 0. The van der Waals surface area contributed by atoms with Crippen LogP contribution in [0.1, 0.15) is 5.56 Å². The van der Waals surface area contributed by atoms with E-state index in [9.17, 15) is 14.5 Å². The lowest BCUT2D eigenvalue weighted by Gasteiger charge is -1.95. The van der Waals surface area contributed by atoms with Crippen molar-refractivity contribution in [3.63, 3.8) is 0 Å². The molecule has 0 aliphatic heterocycles. The predicted molar refractivity (Wildman–Crippen MR) is 45.0 cm³/mol. The van der Waals surface area contributed by atoms with Crippen molar-refractivity contribution in [1.82, 2.24) is 0 Å². The second kappa shape index (κ2) is 4.01. The SMILES string of the molecule is Cc1cccc(F)c1[N+](=O)[O-].Cl. The number of nitro groups is 1. The molecule has 0 atom stereocenters. The third-order valence-electron chi connectivity index (χ3n) is 1.37. The Hall–Kier alpha value is -1.16. The van der Waals surface area contributed by atoms with Gasteiger partial charge in [0.25, 0.3) is 0 Å². The monoisotopic (exact) mass is 191 g/mol. The number of hydrogen-bond donors (Lipinski definition) is 0. The van der Waals surface area contributed by atoms with E-state index in [1.165, 1.54) is 19.1 Å². The van der Waals surface area contributed by atoms with Crippen LogP contribution >= 0.6 is 12.4 Å². The van der Waals surface area contributed by atoms with E-state index in [1.807, 2.05) is 0 Å². The molecule has 0 aliphatic carbocycles. The average Bonchev–Trinajstić information content (AvgIpc) is 1.85. The van der Waals surface area contributed by atoms with Gasteiger partial charge in [-0.3, -0.25) is 10.1 Å². The van der Waals surface area contributed by atoms with Crippen molar-refractivity contribution in [3.8, 4) is 0 Å². The zero-order valence-corrected chi connectivity index (χ0v) is 7.10. The van der Waals surface area contributed by atoms with Crippen LogP contribution in [0, 0.1) is 22.9 Å². The smallest absolute Gasteiger partial charge is 0.258 e. The minimum Gasteiger partial charge on any atom is -0.258 e. The van der Waals surface area contributed by atoms with Gasteiger partial charge < -0.3 is 0 Å². The maximum Gasteiger partial charge on any atom is 0.307 e. The van der Waals surface area contributed by atoms with Crippen LogP contribution in [0.15, 0.2) is 18.2 Å². The molecule has 0 aliphatic rings. The molecule has 0 N–H and O–H groups in total. The first-order valence-electron chi connectivity index (χ1n) is 3.02. The Kier molecular flexibility index (Phi) is 3.63. The van der Waals surface area contributed by atoms with Crippen LogP contribution in [-0.2, 0) is 0 Å². The average molecular weight is 192 g/mol. The zero-order valence-electron chi connectivity index (χ0n) is 6.28. The lowest BCUT2D eigenvalue weighted by atomic mass is 10.2. The highest BCUT2D eigenvalue weighted by Crippen LogP contribution is 2.20. The second-order valence-electron chi connectivity index (χ2n) is 2.16.